The zero-order valence-corrected chi connectivity index (χ0v) is 10.4. The van der Waals surface area contributed by atoms with E-state index in [9.17, 15) is 4.79 Å². The number of nitrogens with zero attached hydrogens (tertiary/aromatic N) is 1. The summed E-state index contributed by atoms with van der Waals surface area (Å²) in [6, 6.07) is 10.4. The molecule has 0 spiro atoms. The summed E-state index contributed by atoms with van der Waals surface area (Å²) in [7, 11) is 4.35. The van der Waals surface area contributed by atoms with Gasteiger partial charge in [-0.1, -0.05) is 30.3 Å². The van der Waals surface area contributed by atoms with Crippen LogP contribution in [0, 0.1) is 0 Å². The second-order valence-corrected chi connectivity index (χ2v) is 4.79. The van der Waals surface area contributed by atoms with Crippen molar-refractivity contribution in [2.24, 2.45) is 0 Å². The van der Waals surface area contributed by atoms with Gasteiger partial charge in [0.15, 0.2) is 0 Å². The van der Waals surface area contributed by atoms with Crippen LogP contribution in [0.1, 0.15) is 12.5 Å². The number of amides is 1. The van der Waals surface area contributed by atoms with Gasteiger partial charge in [0.25, 0.3) is 0 Å². The van der Waals surface area contributed by atoms with Gasteiger partial charge >= 0.3 is 0 Å². The van der Waals surface area contributed by atoms with Crippen molar-refractivity contribution in [1.82, 2.24) is 5.32 Å². The molecule has 1 N–H and O–H groups in total. The molecule has 0 saturated carbocycles. The molecular formula is C13H21N2O+. The maximum absolute atomic E-state index is 10.8. The largest absolute Gasteiger partial charge is 0.351 e. The van der Waals surface area contributed by atoms with Gasteiger partial charge in [0.2, 0.25) is 5.91 Å². The number of hydrogen-bond donors (Lipinski definition) is 1. The van der Waals surface area contributed by atoms with Crippen LogP contribution < -0.4 is 5.32 Å². The zero-order chi connectivity index (χ0) is 12.0. The van der Waals surface area contributed by atoms with Crippen molar-refractivity contribution >= 4 is 5.91 Å². The molecule has 0 aliphatic rings. The molecule has 0 unspecified atom stereocenters. The van der Waals surface area contributed by atoms with Gasteiger partial charge in [0.05, 0.1) is 27.2 Å². The summed E-state index contributed by atoms with van der Waals surface area (Å²) in [5.41, 5.74) is 1.33. The topological polar surface area (TPSA) is 29.1 Å². The monoisotopic (exact) mass is 221 g/mol. The van der Waals surface area contributed by atoms with Crippen LogP contribution in [0.5, 0.6) is 0 Å². The van der Waals surface area contributed by atoms with E-state index >= 15 is 0 Å². The highest BCUT2D eigenvalue weighted by atomic mass is 16.1. The number of carbonyl (C=O) groups is 1. The molecule has 0 bridgehead atoms. The van der Waals surface area contributed by atoms with E-state index in [0.717, 1.165) is 24.1 Å². The molecule has 1 aromatic carbocycles. The average molecular weight is 221 g/mol. The summed E-state index contributed by atoms with van der Waals surface area (Å²) in [6.07, 6.45) is 0. The third-order valence-corrected chi connectivity index (χ3v) is 2.54. The molecule has 0 radical (unpaired) electrons. The minimum absolute atomic E-state index is 0.0414. The number of hydrogen-bond acceptors (Lipinski definition) is 1. The second-order valence-electron chi connectivity index (χ2n) is 4.79. The van der Waals surface area contributed by atoms with Crippen molar-refractivity contribution in [2.45, 2.75) is 13.5 Å². The molecule has 1 rings (SSSR count). The van der Waals surface area contributed by atoms with E-state index in [1.165, 1.54) is 5.56 Å². The first kappa shape index (κ1) is 12.7. The fourth-order valence-electron chi connectivity index (χ4n) is 1.69. The first-order chi connectivity index (χ1) is 7.49. The Hall–Kier alpha value is -1.35. The quantitative estimate of drug-likeness (QED) is 0.748. The lowest BCUT2D eigenvalue weighted by molar-refractivity contribution is -0.902. The molecule has 3 heteroatoms. The predicted octanol–water partition coefficient (Wildman–Crippen LogP) is 1.40. The molecule has 0 aliphatic carbocycles. The lowest BCUT2D eigenvalue weighted by Gasteiger charge is -2.29. The van der Waals surface area contributed by atoms with Crippen molar-refractivity contribution in [3.05, 3.63) is 35.9 Å². The molecular weight excluding hydrogens is 200 g/mol. The van der Waals surface area contributed by atoms with Gasteiger partial charge in [-0.3, -0.25) is 4.79 Å². The van der Waals surface area contributed by atoms with E-state index in [0.29, 0.717) is 0 Å². The van der Waals surface area contributed by atoms with Gasteiger partial charge < -0.3 is 9.80 Å². The van der Waals surface area contributed by atoms with Crippen LogP contribution in [0.15, 0.2) is 30.3 Å². The minimum Gasteiger partial charge on any atom is -0.351 e. The van der Waals surface area contributed by atoms with E-state index in [2.05, 4.69) is 43.7 Å². The first-order valence-electron chi connectivity index (χ1n) is 5.60. The normalized spacial score (nSPS) is 11.2. The number of benzene rings is 1. The fourth-order valence-corrected chi connectivity index (χ4v) is 1.69. The van der Waals surface area contributed by atoms with Crippen molar-refractivity contribution in [3.8, 4) is 0 Å². The number of carbonyl (C=O) groups excluding carboxylic acids is 1. The van der Waals surface area contributed by atoms with Crippen LogP contribution in [-0.4, -0.2) is 37.6 Å². The van der Waals surface area contributed by atoms with Gasteiger partial charge in [-0.05, 0) is 0 Å². The summed E-state index contributed by atoms with van der Waals surface area (Å²) in [4.78, 5) is 10.8. The number of quaternary nitrogens is 1. The minimum atomic E-state index is 0.0414. The molecule has 88 valence electrons. The van der Waals surface area contributed by atoms with Gasteiger partial charge in [-0.25, -0.2) is 0 Å². The van der Waals surface area contributed by atoms with Gasteiger partial charge in [-0.2, -0.15) is 0 Å². The summed E-state index contributed by atoms with van der Waals surface area (Å²) in [5.74, 6) is 0.0414. The Morgan fingerprint density at radius 2 is 1.88 bits per heavy atom. The SMILES string of the molecule is CC(=O)NCC[N+](C)(C)Cc1ccccc1. The van der Waals surface area contributed by atoms with Gasteiger partial charge in [0, 0.05) is 12.5 Å². The zero-order valence-electron chi connectivity index (χ0n) is 10.4. The highest BCUT2D eigenvalue weighted by Crippen LogP contribution is 2.07. The Labute approximate surface area is 97.7 Å². The van der Waals surface area contributed by atoms with Crippen molar-refractivity contribution in [3.63, 3.8) is 0 Å². The van der Waals surface area contributed by atoms with Crippen molar-refractivity contribution in [1.29, 1.82) is 0 Å². The summed E-state index contributed by atoms with van der Waals surface area (Å²) in [5, 5.41) is 2.83. The molecule has 0 fully saturated rings. The van der Waals surface area contributed by atoms with E-state index in [4.69, 9.17) is 0 Å². The average Bonchev–Trinajstić information content (AvgIpc) is 2.17. The first-order valence-corrected chi connectivity index (χ1v) is 5.60. The Bertz CT molecular complexity index is 333. The third-order valence-electron chi connectivity index (χ3n) is 2.54. The predicted molar refractivity (Wildman–Crippen MR) is 65.8 cm³/mol. The van der Waals surface area contributed by atoms with Crippen LogP contribution in [0.25, 0.3) is 0 Å². The molecule has 1 amide bonds. The van der Waals surface area contributed by atoms with Crippen LogP contribution in [0.4, 0.5) is 0 Å². The highest BCUT2D eigenvalue weighted by molar-refractivity contribution is 5.72. The van der Waals surface area contributed by atoms with Gasteiger partial charge in [-0.15, -0.1) is 0 Å². The van der Waals surface area contributed by atoms with E-state index < -0.39 is 0 Å². The molecule has 3 nitrogen and oxygen atoms in total. The molecule has 0 heterocycles. The smallest absolute Gasteiger partial charge is 0.217 e. The van der Waals surface area contributed by atoms with Crippen LogP contribution in [0.2, 0.25) is 0 Å². The van der Waals surface area contributed by atoms with E-state index in [1.54, 1.807) is 6.92 Å². The number of nitrogens with one attached hydrogen (secondary N) is 1. The molecule has 16 heavy (non-hydrogen) atoms. The van der Waals surface area contributed by atoms with Gasteiger partial charge in [0.1, 0.15) is 6.54 Å². The molecule has 1 aromatic rings. The Kier molecular flexibility index (Phi) is 4.50. The molecule has 0 aromatic heterocycles. The van der Waals surface area contributed by atoms with Crippen LogP contribution in [-0.2, 0) is 11.3 Å². The highest BCUT2D eigenvalue weighted by Gasteiger charge is 2.15. The molecule has 0 saturated heterocycles. The van der Waals surface area contributed by atoms with Crippen LogP contribution >= 0.6 is 0 Å². The lowest BCUT2D eigenvalue weighted by Crippen LogP contribution is -2.44. The lowest BCUT2D eigenvalue weighted by atomic mass is 10.2. The molecule has 0 aliphatic heterocycles. The van der Waals surface area contributed by atoms with Crippen LogP contribution in [0.3, 0.4) is 0 Å². The molecule has 0 atom stereocenters. The number of likely N-dealkylation sites (N-methyl/N-ethyl adjacent to an activating group) is 1. The van der Waals surface area contributed by atoms with Crippen molar-refractivity contribution < 1.29 is 9.28 Å². The Morgan fingerprint density at radius 3 is 2.44 bits per heavy atom. The maximum atomic E-state index is 10.8. The van der Waals surface area contributed by atoms with E-state index in [1.807, 2.05) is 6.07 Å². The Morgan fingerprint density at radius 1 is 1.25 bits per heavy atom. The van der Waals surface area contributed by atoms with Crippen molar-refractivity contribution in [2.75, 3.05) is 27.2 Å². The summed E-state index contributed by atoms with van der Waals surface area (Å²) in [6.45, 7) is 4.21. The Balaban J connectivity index is 2.42. The standard InChI is InChI=1S/C13H20N2O/c1-12(16)14-9-10-15(2,3)11-13-7-5-4-6-8-13/h4-8H,9-11H2,1-3H3/p+1. The summed E-state index contributed by atoms with van der Waals surface area (Å²) >= 11 is 0. The summed E-state index contributed by atoms with van der Waals surface area (Å²) < 4.78 is 0.879. The third kappa shape index (κ3) is 4.94. The fraction of sp³-hybridized carbons (Fsp3) is 0.462. The maximum Gasteiger partial charge on any atom is 0.217 e. The second kappa shape index (κ2) is 5.66. The van der Waals surface area contributed by atoms with E-state index in [-0.39, 0.29) is 5.91 Å². The number of rotatable bonds is 5.